The molecule has 1 amide bonds. The molecule has 0 radical (unpaired) electrons. The Hall–Kier alpha value is -5.11. The van der Waals surface area contributed by atoms with Gasteiger partial charge in [0.15, 0.2) is 11.5 Å². The Morgan fingerprint density at radius 2 is 2.00 bits per heavy atom. The third-order valence-corrected chi connectivity index (χ3v) is 8.46. The Morgan fingerprint density at radius 1 is 1.20 bits per heavy atom. The zero-order valence-corrected chi connectivity index (χ0v) is 25.3. The van der Waals surface area contributed by atoms with Crippen LogP contribution in [0.2, 0.25) is 0 Å². The van der Waals surface area contributed by atoms with Crippen LogP contribution in [0, 0.1) is 23.0 Å². The van der Waals surface area contributed by atoms with E-state index in [-0.39, 0.29) is 70.3 Å². The van der Waals surface area contributed by atoms with E-state index in [4.69, 9.17) is 9.72 Å². The average molecular weight is 611 g/mol. The number of nitrogens with zero attached hydrogens (tertiary/aromatic N) is 6. The Kier molecular flexibility index (Phi) is 7.83. The highest BCUT2D eigenvalue weighted by Crippen LogP contribution is 2.39. The summed E-state index contributed by atoms with van der Waals surface area (Å²) in [5, 5.41) is 10.7. The Labute approximate surface area is 259 Å². The second-order valence-corrected chi connectivity index (χ2v) is 11.6. The monoisotopic (exact) mass is 610 g/mol. The van der Waals surface area contributed by atoms with Gasteiger partial charge >= 0.3 is 0 Å². The molecule has 1 fully saturated rings. The summed E-state index contributed by atoms with van der Waals surface area (Å²) in [4.78, 5) is 39.7. The van der Waals surface area contributed by atoms with Gasteiger partial charge in [-0.2, -0.15) is 5.26 Å². The smallest absolute Gasteiger partial charge is 0.276 e. The maximum atomic E-state index is 16.3. The summed E-state index contributed by atoms with van der Waals surface area (Å²) >= 11 is 0. The maximum absolute atomic E-state index is 16.3. The first-order chi connectivity index (χ1) is 21.7. The molecule has 230 valence electrons. The van der Waals surface area contributed by atoms with Crippen LogP contribution >= 0.6 is 0 Å². The molecule has 0 N–H and O–H groups in total. The maximum Gasteiger partial charge on any atom is 0.276 e. The van der Waals surface area contributed by atoms with E-state index in [1.165, 1.54) is 28.8 Å². The molecule has 1 saturated heterocycles. The lowest BCUT2D eigenvalue weighted by atomic mass is 9.99. The molecule has 0 spiro atoms. The summed E-state index contributed by atoms with van der Waals surface area (Å²) in [6.45, 7) is 10.4. The number of benzene rings is 1. The first-order valence-corrected chi connectivity index (χ1v) is 14.9. The molecule has 4 aromatic rings. The molecule has 1 atom stereocenters. The predicted octanol–water partition coefficient (Wildman–Crippen LogP) is 5.27. The summed E-state index contributed by atoms with van der Waals surface area (Å²) in [6.07, 6.45) is 3.93. The van der Waals surface area contributed by atoms with E-state index in [0.29, 0.717) is 37.3 Å². The van der Waals surface area contributed by atoms with Crippen molar-refractivity contribution in [2.45, 2.75) is 45.6 Å². The summed E-state index contributed by atoms with van der Waals surface area (Å²) < 4.78 is 39.0. The molecule has 2 bridgehead atoms. The summed E-state index contributed by atoms with van der Waals surface area (Å²) in [6, 6.07) is 9.05. The third-order valence-electron chi connectivity index (χ3n) is 8.46. The van der Waals surface area contributed by atoms with Gasteiger partial charge in [-0.3, -0.25) is 19.1 Å². The molecule has 0 unspecified atom stereocenters. The lowest BCUT2D eigenvalue weighted by Gasteiger charge is -2.41. The lowest BCUT2D eigenvalue weighted by Crippen LogP contribution is -2.54. The summed E-state index contributed by atoms with van der Waals surface area (Å²) in [5.41, 5.74) is 0.864. The van der Waals surface area contributed by atoms with Gasteiger partial charge in [0.2, 0.25) is 5.91 Å². The summed E-state index contributed by atoms with van der Waals surface area (Å²) in [7, 11) is 0. The van der Waals surface area contributed by atoms with Crippen LogP contribution in [-0.2, 0) is 11.2 Å². The SMILES string of the molecule is C=CC(=O)N1CCN(c2c(C#N)c(=O)n3c4nc(c(F)cc24)-c2c(F)cccc2OCCCc2ccnc(C(C)C)c2-3)[C@@H](C)C1. The lowest BCUT2D eigenvalue weighted by molar-refractivity contribution is -0.126. The van der Waals surface area contributed by atoms with Crippen LogP contribution in [0.25, 0.3) is 28.0 Å². The normalized spacial score (nSPS) is 16.3. The minimum atomic E-state index is -0.839. The van der Waals surface area contributed by atoms with Crippen LogP contribution in [-0.4, -0.2) is 57.6 Å². The molecular formula is C34H32F2N6O3. The number of halogens is 2. The molecule has 2 aliphatic rings. The molecule has 11 heteroatoms. The number of aromatic nitrogens is 3. The zero-order chi connectivity index (χ0) is 32.0. The van der Waals surface area contributed by atoms with Crippen LogP contribution in [0.3, 0.4) is 0 Å². The van der Waals surface area contributed by atoms with Crippen molar-refractivity contribution in [1.29, 1.82) is 5.26 Å². The van der Waals surface area contributed by atoms with Crippen LogP contribution in [0.4, 0.5) is 14.5 Å². The highest BCUT2D eigenvalue weighted by molar-refractivity contribution is 5.96. The van der Waals surface area contributed by atoms with Gasteiger partial charge in [0.05, 0.1) is 29.2 Å². The number of carbonyl (C=O) groups excluding carboxylic acids is 1. The van der Waals surface area contributed by atoms with E-state index in [0.717, 1.165) is 5.56 Å². The molecule has 1 aromatic carbocycles. The van der Waals surface area contributed by atoms with Crippen LogP contribution in [0.1, 0.15) is 49.9 Å². The van der Waals surface area contributed by atoms with Crippen molar-refractivity contribution in [3.63, 3.8) is 0 Å². The molecule has 45 heavy (non-hydrogen) atoms. The number of hydrogen-bond donors (Lipinski definition) is 0. The number of amides is 1. The number of carbonyl (C=O) groups is 1. The quantitative estimate of drug-likeness (QED) is 0.291. The van der Waals surface area contributed by atoms with Crippen molar-refractivity contribution < 1.29 is 18.3 Å². The number of aryl methyl sites for hydroxylation is 1. The molecule has 5 heterocycles. The van der Waals surface area contributed by atoms with Gasteiger partial charge < -0.3 is 14.5 Å². The third kappa shape index (κ3) is 5.00. The van der Waals surface area contributed by atoms with Crippen molar-refractivity contribution in [1.82, 2.24) is 19.4 Å². The number of ether oxygens (including phenoxy) is 1. The highest BCUT2D eigenvalue weighted by atomic mass is 19.1. The highest BCUT2D eigenvalue weighted by Gasteiger charge is 2.33. The number of hydrogen-bond acceptors (Lipinski definition) is 7. The zero-order valence-electron chi connectivity index (χ0n) is 25.3. The Bertz CT molecular complexity index is 1960. The number of nitriles is 1. The van der Waals surface area contributed by atoms with E-state index in [1.54, 1.807) is 17.2 Å². The van der Waals surface area contributed by atoms with E-state index < -0.39 is 17.2 Å². The number of anilines is 1. The van der Waals surface area contributed by atoms with Crippen LogP contribution in [0.15, 0.2) is 54.0 Å². The summed E-state index contributed by atoms with van der Waals surface area (Å²) in [5.74, 6) is -1.77. The van der Waals surface area contributed by atoms with Crippen LogP contribution < -0.4 is 15.2 Å². The minimum absolute atomic E-state index is 0.0631. The van der Waals surface area contributed by atoms with Crippen LogP contribution in [0.5, 0.6) is 5.75 Å². The van der Waals surface area contributed by atoms with Crippen molar-refractivity contribution in [3.05, 3.63) is 88.0 Å². The fourth-order valence-electron chi connectivity index (χ4n) is 6.36. The molecule has 2 aliphatic heterocycles. The second-order valence-electron chi connectivity index (χ2n) is 11.6. The van der Waals surface area contributed by atoms with Gasteiger partial charge in [0.25, 0.3) is 5.56 Å². The molecule has 0 saturated carbocycles. The van der Waals surface area contributed by atoms with E-state index >= 15 is 8.78 Å². The molecule has 3 aromatic heterocycles. The van der Waals surface area contributed by atoms with Crippen molar-refractivity contribution >= 4 is 22.6 Å². The number of rotatable bonds is 3. The first kappa shape index (κ1) is 29.9. The standard InChI is InChI=1S/C34H32F2N6O3/c1-5-27(43)40-13-14-41(20(4)18-40)32-22-16-25(36)30-28-24(35)9-6-10-26(28)45-15-7-8-21-11-12-38-29(19(2)3)31(21)42(33(22)39-30)34(44)23(32)17-37/h5-6,9-12,16,19-20H,1,7-8,13-15,18H2,2-4H3/t20-/m0/s1. The second kappa shape index (κ2) is 11.8. The van der Waals surface area contributed by atoms with Gasteiger partial charge in [-0.05, 0) is 61.6 Å². The number of fused-ring (bicyclic) bond motifs is 5. The van der Waals surface area contributed by atoms with E-state index in [2.05, 4.69) is 17.6 Å². The first-order valence-electron chi connectivity index (χ1n) is 14.9. The van der Waals surface area contributed by atoms with Crippen molar-refractivity contribution in [2.75, 3.05) is 31.1 Å². The van der Waals surface area contributed by atoms with Gasteiger partial charge in [-0.25, -0.2) is 13.8 Å². The van der Waals surface area contributed by atoms with E-state index in [9.17, 15) is 14.9 Å². The Balaban J connectivity index is 1.75. The Morgan fingerprint density at radius 3 is 2.71 bits per heavy atom. The molecule has 0 aliphatic carbocycles. The fourth-order valence-corrected chi connectivity index (χ4v) is 6.36. The van der Waals surface area contributed by atoms with Crippen molar-refractivity contribution in [2.24, 2.45) is 0 Å². The van der Waals surface area contributed by atoms with Gasteiger partial charge in [-0.1, -0.05) is 26.5 Å². The largest absolute Gasteiger partial charge is 0.493 e. The van der Waals surface area contributed by atoms with Gasteiger partial charge in [-0.15, -0.1) is 0 Å². The molecule has 9 nitrogen and oxygen atoms in total. The van der Waals surface area contributed by atoms with Gasteiger partial charge in [0.1, 0.15) is 28.9 Å². The predicted molar refractivity (Wildman–Crippen MR) is 167 cm³/mol. The van der Waals surface area contributed by atoms with Gasteiger partial charge in [0, 0.05) is 37.3 Å². The fraction of sp³-hybridized carbons (Fsp3) is 0.324. The topological polar surface area (TPSA) is 104 Å². The molecule has 6 rings (SSSR count). The average Bonchev–Trinajstić information content (AvgIpc) is 3.02. The van der Waals surface area contributed by atoms with Crippen molar-refractivity contribution in [3.8, 4) is 28.8 Å². The molecular weight excluding hydrogens is 578 g/mol. The minimum Gasteiger partial charge on any atom is -0.493 e. The van der Waals surface area contributed by atoms with E-state index in [1.807, 2.05) is 31.7 Å². The number of piperazine rings is 1. The number of pyridine rings is 3.